The summed E-state index contributed by atoms with van der Waals surface area (Å²) in [5, 5.41) is 6.23. The molecule has 2 unspecified atom stereocenters. The van der Waals surface area contributed by atoms with Crippen molar-refractivity contribution < 1.29 is 15.6 Å². The Kier molecular flexibility index (Phi) is 14.0. The average molecular weight is 1060 g/mol. The summed E-state index contributed by atoms with van der Waals surface area (Å²) in [5.74, 6) is -1.82. The van der Waals surface area contributed by atoms with Gasteiger partial charge in [-0.15, -0.1) is 0 Å². The van der Waals surface area contributed by atoms with Crippen molar-refractivity contribution in [2.75, 3.05) is 0 Å². The van der Waals surface area contributed by atoms with Crippen molar-refractivity contribution in [1.82, 2.24) is 0 Å². The molecule has 4 aromatic carbocycles. The van der Waals surface area contributed by atoms with Gasteiger partial charge in [0.05, 0.1) is 0 Å². The van der Waals surface area contributed by atoms with Crippen molar-refractivity contribution in [3.63, 3.8) is 0 Å². The van der Waals surface area contributed by atoms with Gasteiger partial charge in [-0.1, -0.05) is 0 Å². The molecule has 2 aliphatic carbocycles. The maximum atomic E-state index is 9.26. The van der Waals surface area contributed by atoms with Gasteiger partial charge in [-0.25, -0.2) is 0 Å². The first-order valence-electron chi connectivity index (χ1n) is 24.6. The second-order valence-electron chi connectivity index (χ2n) is 26.5. The number of allylic oxidation sites excluding steroid dienone is 2. The zero-order valence-electron chi connectivity index (χ0n) is 44.3. The van der Waals surface area contributed by atoms with Gasteiger partial charge >= 0.3 is 409 Å². The van der Waals surface area contributed by atoms with E-state index in [4.69, 9.17) is 0 Å². The third-order valence-electron chi connectivity index (χ3n) is 15.2. The van der Waals surface area contributed by atoms with Crippen LogP contribution in [0, 0.1) is 10.8 Å². The van der Waals surface area contributed by atoms with Gasteiger partial charge in [0.25, 0.3) is 0 Å². The molecule has 2 aliphatic rings. The number of rotatable bonds is 11. The summed E-state index contributed by atoms with van der Waals surface area (Å²) in [6.45, 7) is 54.4. The Morgan fingerprint density at radius 3 is 0.984 bits per heavy atom. The van der Waals surface area contributed by atoms with Crippen LogP contribution in [0.25, 0.3) is 34.4 Å². The summed E-state index contributed by atoms with van der Waals surface area (Å²) >= 11 is -5.22. The Morgan fingerprint density at radius 2 is 0.766 bits per heavy atom. The molecule has 0 bridgehead atoms. The molecule has 0 aliphatic heterocycles. The summed E-state index contributed by atoms with van der Waals surface area (Å²) in [6.07, 6.45) is 7.22. The van der Waals surface area contributed by atoms with E-state index < -0.39 is 53.8 Å². The number of halogens is 2. The molecule has 2 atom stereocenters. The predicted octanol–water partition coefficient (Wildman–Crippen LogP) is 16.0. The van der Waals surface area contributed by atoms with E-state index in [1.54, 1.807) is 20.7 Å². The van der Waals surface area contributed by atoms with E-state index in [1.807, 2.05) is 0 Å². The summed E-state index contributed by atoms with van der Waals surface area (Å²) in [4.78, 5) is 0. The summed E-state index contributed by atoms with van der Waals surface area (Å²) in [5.41, 5.74) is 16.7. The molecule has 0 heterocycles. The molecular weight excluding hydrogens is 975 g/mol. The summed E-state index contributed by atoms with van der Waals surface area (Å²) in [6, 6.07) is 25.4. The molecular formula is C56H85Cl2Si5Zr. The van der Waals surface area contributed by atoms with Crippen LogP contribution < -0.4 is 20.7 Å². The van der Waals surface area contributed by atoms with E-state index in [9.17, 15) is 17.0 Å². The van der Waals surface area contributed by atoms with Crippen molar-refractivity contribution in [2.45, 2.75) is 167 Å². The monoisotopic (exact) mass is 1060 g/mol. The zero-order chi connectivity index (χ0) is 48.3. The maximum absolute atomic E-state index is 9.26. The minimum atomic E-state index is -5.22. The molecule has 0 amide bonds. The Hall–Kier alpha value is -1.09. The number of benzene rings is 4. The van der Waals surface area contributed by atoms with E-state index in [0.29, 0.717) is 0 Å². The van der Waals surface area contributed by atoms with Crippen molar-refractivity contribution in [3.05, 3.63) is 105 Å². The Balaban J connectivity index is 1.74. The van der Waals surface area contributed by atoms with E-state index in [1.165, 1.54) is 66.8 Å². The first-order valence-corrected chi connectivity index (χ1v) is 54.9. The topological polar surface area (TPSA) is 0 Å². The van der Waals surface area contributed by atoms with Crippen molar-refractivity contribution >= 4 is 88.1 Å². The molecule has 64 heavy (non-hydrogen) atoms. The third-order valence-corrected chi connectivity index (χ3v) is 74.8. The Bertz CT molecular complexity index is 2320. The van der Waals surface area contributed by atoms with Gasteiger partial charge in [-0.3, -0.25) is 0 Å². The van der Waals surface area contributed by atoms with E-state index in [-0.39, 0.29) is 18.1 Å². The van der Waals surface area contributed by atoms with Gasteiger partial charge in [0.2, 0.25) is 0 Å². The Morgan fingerprint density at radius 1 is 0.484 bits per heavy atom. The van der Waals surface area contributed by atoms with Crippen LogP contribution in [0.3, 0.4) is 0 Å². The number of aryl methyl sites for hydroxylation is 2. The average Bonchev–Trinajstić information content (AvgIpc) is 3.77. The van der Waals surface area contributed by atoms with Crippen LogP contribution in [-0.2, 0) is 28.4 Å². The molecule has 0 spiro atoms. The van der Waals surface area contributed by atoms with Crippen LogP contribution in [0.5, 0.6) is 0 Å². The summed E-state index contributed by atoms with van der Waals surface area (Å²) < 4.78 is 0.0230. The van der Waals surface area contributed by atoms with Crippen LogP contribution in [0.15, 0.2) is 71.8 Å². The number of hydrogen-bond acceptors (Lipinski definition) is 0. The zero-order valence-corrected chi connectivity index (χ0v) is 53.5. The van der Waals surface area contributed by atoms with Gasteiger partial charge in [0, 0.05) is 0 Å². The van der Waals surface area contributed by atoms with Crippen LogP contribution in [0.1, 0.15) is 96.0 Å². The predicted molar refractivity (Wildman–Crippen MR) is 305 cm³/mol. The van der Waals surface area contributed by atoms with Gasteiger partial charge < -0.3 is 0 Å². The molecule has 0 aromatic heterocycles. The first-order chi connectivity index (χ1) is 29.0. The molecule has 347 valence electrons. The van der Waals surface area contributed by atoms with Gasteiger partial charge in [-0.05, 0) is 0 Å². The fraction of sp³-hybridized carbons (Fsp3) is 0.500. The molecule has 0 saturated carbocycles. The minimum absolute atomic E-state index is 0.0115. The summed E-state index contributed by atoms with van der Waals surface area (Å²) in [7, 11) is 12.0. The molecule has 0 N–H and O–H groups in total. The second-order valence-corrected chi connectivity index (χ2v) is 89.3. The van der Waals surface area contributed by atoms with E-state index in [0.717, 1.165) is 12.8 Å². The van der Waals surface area contributed by atoms with Crippen molar-refractivity contribution in [2.24, 2.45) is 10.8 Å². The van der Waals surface area contributed by atoms with Gasteiger partial charge in [0.15, 0.2) is 0 Å². The standard InChI is InChI=1S/2C27H39Si2.C2H7Si.2ClH.Zr/c2*1-11-19-12-13-20-14-22(27(2,3)4)17-25(20)26(19)21-15-23(28(5,6)7)18-24(16-21)29(8,9)10;1-3-2;;;/h2*12-18H,11H2,1-10H3;3H,1-2H3;2*1H;/q;;;;;+2/p-2. The van der Waals surface area contributed by atoms with Gasteiger partial charge in [-0.2, -0.15) is 0 Å². The third kappa shape index (κ3) is 9.35. The van der Waals surface area contributed by atoms with Crippen LogP contribution in [-0.4, -0.2) is 38.2 Å². The van der Waals surface area contributed by atoms with Crippen LogP contribution >= 0.6 is 17.0 Å². The first kappa shape index (κ1) is 52.3. The molecule has 8 heteroatoms. The quantitative estimate of drug-likeness (QED) is 0.131. The van der Waals surface area contributed by atoms with Gasteiger partial charge in [0.1, 0.15) is 0 Å². The fourth-order valence-corrected chi connectivity index (χ4v) is 47.3. The van der Waals surface area contributed by atoms with Crippen molar-refractivity contribution in [3.8, 4) is 22.3 Å². The van der Waals surface area contributed by atoms with Crippen LogP contribution in [0.4, 0.5) is 0 Å². The normalized spacial score (nSPS) is 18.2. The second kappa shape index (κ2) is 17.1. The molecule has 0 saturated heterocycles. The SMILES string of the molecule is CCc1ccc2c(c1-c1cc([Si](C)(C)C)cc([Si](C)(C)C)c1)C=C(C(C)(C)C)[CH]2[Zr]([Cl])([Cl])([CH]1C(C(C)(C)C)=Cc2c1ccc(CC)c2-c1cc([Si](C)(C)C)cc([Si](C)(C)C)c1)[SiH](C)C. The van der Waals surface area contributed by atoms with Crippen LogP contribution in [0.2, 0.25) is 91.7 Å². The molecule has 0 fully saturated rings. The van der Waals surface area contributed by atoms with Crippen molar-refractivity contribution in [1.29, 1.82) is 0 Å². The van der Waals surface area contributed by atoms with E-state index in [2.05, 4.69) is 220 Å². The molecule has 0 nitrogen and oxygen atoms in total. The number of fused-ring (bicyclic) bond motifs is 2. The molecule has 6 rings (SSSR count). The van der Waals surface area contributed by atoms with E-state index >= 15 is 0 Å². The molecule has 4 aromatic rings. The fourth-order valence-electron chi connectivity index (χ4n) is 10.9. The number of hydrogen-bond donors (Lipinski definition) is 0. The Labute approximate surface area is 405 Å². The molecule has 0 radical (unpaired) electrons.